The molecule has 0 unspecified atom stereocenters. The van der Waals surface area contributed by atoms with Crippen LogP contribution in [0.15, 0.2) is 23.2 Å². The summed E-state index contributed by atoms with van der Waals surface area (Å²) in [5, 5.41) is 1.82. The highest BCUT2D eigenvalue weighted by atomic mass is 32.2. The van der Waals surface area contributed by atoms with Crippen molar-refractivity contribution in [1.29, 1.82) is 0 Å². The standard InChI is InChI=1S/C22H36N4O4S/c1-22(2,3)21(27)30-26-11-8-18(9-12-26)7-10-24-13-15-25(16-14-24)20-6-5-19(17-23-20)31(4,28)29/h5-6,17-18H,7-16H2,1-4H3. The third-order valence-electron chi connectivity index (χ3n) is 6.10. The molecule has 0 aliphatic carbocycles. The second kappa shape index (κ2) is 9.83. The van der Waals surface area contributed by atoms with Crippen molar-refractivity contribution in [3.63, 3.8) is 0 Å². The van der Waals surface area contributed by atoms with Crippen molar-refractivity contribution in [1.82, 2.24) is 14.9 Å². The largest absolute Gasteiger partial charge is 0.367 e. The van der Waals surface area contributed by atoms with E-state index in [1.165, 1.54) is 18.9 Å². The minimum absolute atomic E-state index is 0.163. The van der Waals surface area contributed by atoms with Gasteiger partial charge in [-0.1, -0.05) is 0 Å². The van der Waals surface area contributed by atoms with Crippen LogP contribution in [0.1, 0.15) is 40.0 Å². The third-order valence-corrected chi connectivity index (χ3v) is 7.19. The Kier molecular flexibility index (Phi) is 7.59. The molecule has 0 spiro atoms. The van der Waals surface area contributed by atoms with Crippen LogP contribution in [0.5, 0.6) is 0 Å². The van der Waals surface area contributed by atoms with E-state index in [1.54, 1.807) is 12.1 Å². The predicted octanol–water partition coefficient (Wildman–Crippen LogP) is 2.21. The lowest BCUT2D eigenvalue weighted by molar-refractivity contribution is -0.206. The Bertz CT molecular complexity index is 835. The molecule has 2 fully saturated rings. The number of pyridine rings is 1. The summed E-state index contributed by atoms with van der Waals surface area (Å²) >= 11 is 0. The van der Waals surface area contributed by atoms with E-state index in [4.69, 9.17) is 4.84 Å². The van der Waals surface area contributed by atoms with E-state index in [1.807, 2.05) is 25.8 Å². The fourth-order valence-corrected chi connectivity index (χ4v) is 4.45. The summed E-state index contributed by atoms with van der Waals surface area (Å²) in [6.45, 7) is 12.1. The van der Waals surface area contributed by atoms with Gasteiger partial charge in [0.25, 0.3) is 0 Å². The lowest BCUT2D eigenvalue weighted by atomic mass is 9.94. The number of nitrogens with zero attached hydrogens (tertiary/aromatic N) is 4. The first-order chi connectivity index (χ1) is 14.5. The van der Waals surface area contributed by atoms with Gasteiger partial charge in [-0.15, -0.1) is 5.06 Å². The van der Waals surface area contributed by atoms with Crippen molar-refractivity contribution in [2.75, 3.05) is 57.0 Å². The smallest absolute Gasteiger partial charge is 0.330 e. The van der Waals surface area contributed by atoms with Crippen LogP contribution in [0.2, 0.25) is 0 Å². The zero-order valence-corrected chi connectivity index (χ0v) is 20.0. The van der Waals surface area contributed by atoms with Crippen LogP contribution in [0.25, 0.3) is 0 Å². The summed E-state index contributed by atoms with van der Waals surface area (Å²) in [5.41, 5.74) is -0.468. The number of sulfone groups is 1. The van der Waals surface area contributed by atoms with Gasteiger partial charge in [0.15, 0.2) is 9.84 Å². The first-order valence-electron chi connectivity index (χ1n) is 11.1. The highest BCUT2D eigenvalue weighted by molar-refractivity contribution is 7.90. The fourth-order valence-electron chi connectivity index (χ4n) is 3.89. The molecule has 2 aliphatic rings. The number of piperidine rings is 1. The van der Waals surface area contributed by atoms with E-state index in [2.05, 4.69) is 14.8 Å². The second-order valence-corrected chi connectivity index (χ2v) is 11.8. The van der Waals surface area contributed by atoms with Gasteiger partial charge < -0.3 is 9.74 Å². The van der Waals surface area contributed by atoms with Crippen LogP contribution < -0.4 is 4.90 Å². The number of carbonyl (C=O) groups is 1. The summed E-state index contributed by atoms with van der Waals surface area (Å²) < 4.78 is 23.2. The molecular formula is C22H36N4O4S. The number of rotatable bonds is 6. The van der Waals surface area contributed by atoms with Gasteiger partial charge in [-0.05, 0) is 64.6 Å². The highest BCUT2D eigenvalue weighted by Gasteiger charge is 2.28. The molecule has 0 bridgehead atoms. The number of aromatic nitrogens is 1. The Morgan fingerprint density at radius 2 is 1.74 bits per heavy atom. The summed E-state index contributed by atoms with van der Waals surface area (Å²) in [4.78, 5) is 26.9. The molecule has 3 rings (SSSR count). The molecule has 0 amide bonds. The molecule has 0 atom stereocenters. The number of piperazine rings is 1. The van der Waals surface area contributed by atoms with Crippen molar-refractivity contribution < 1.29 is 18.0 Å². The van der Waals surface area contributed by atoms with E-state index in [0.29, 0.717) is 5.92 Å². The molecule has 2 saturated heterocycles. The van der Waals surface area contributed by atoms with Crippen molar-refractivity contribution in [3.05, 3.63) is 18.3 Å². The molecule has 0 saturated carbocycles. The zero-order chi connectivity index (χ0) is 22.6. The Morgan fingerprint density at radius 3 is 2.26 bits per heavy atom. The normalized spacial score (nSPS) is 20.1. The quantitative estimate of drug-likeness (QED) is 0.650. The molecule has 31 heavy (non-hydrogen) atoms. The van der Waals surface area contributed by atoms with Gasteiger partial charge in [-0.3, -0.25) is 4.90 Å². The van der Waals surface area contributed by atoms with Crippen LogP contribution >= 0.6 is 0 Å². The van der Waals surface area contributed by atoms with Gasteiger partial charge in [0.1, 0.15) is 5.82 Å². The monoisotopic (exact) mass is 452 g/mol. The number of hydrogen-bond donors (Lipinski definition) is 0. The minimum atomic E-state index is -3.21. The molecule has 0 N–H and O–H groups in total. The molecule has 1 aromatic heterocycles. The SMILES string of the molecule is CC(C)(C)C(=O)ON1CCC(CCN2CCN(c3ccc(S(C)(=O)=O)cn3)CC2)CC1. The molecule has 3 heterocycles. The summed E-state index contributed by atoms with van der Waals surface area (Å²) in [6.07, 6.45) is 5.94. The zero-order valence-electron chi connectivity index (χ0n) is 19.2. The first-order valence-corrected chi connectivity index (χ1v) is 13.0. The van der Waals surface area contributed by atoms with Crippen molar-refractivity contribution >= 4 is 21.6 Å². The number of carbonyl (C=O) groups excluding carboxylic acids is 1. The van der Waals surface area contributed by atoms with Gasteiger partial charge >= 0.3 is 5.97 Å². The maximum absolute atomic E-state index is 12.0. The van der Waals surface area contributed by atoms with Crippen molar-refractivity contribution in [2.24, 2.45) is 11.3 Å². The molecule has 2 aliphatic heterocycles. The Balaban J connectivity index is 1.36. The van der Waals surface area contributed by atoms with Gasteiger partial charge in [0.2, 0.25) is 0 Å². The lowest BCUT2D eigenvalue weighted by Crippen LogP contribution is -2.47. The number of hydroxylamine groups is 2. The molecule has 9 heteroatoms. The second-order valence-electron chi connectivity index (χ2n) is 9.74. The molecule has 1 aromatic rings. The average molecular weight is 453 g/mol. The van der Waals surface area contributed by atoms with Crippen LogP contribution in [0.4, 0.5) is 5.82 Å². The van der Waals surface area contributed by atoms with Crippen molar-refractivity contribution in [2.45, 2.75) is 44.9 Å². The maximum atomic E-state index is 12.0. The van der Waals surface area contributed by atoms with Crippen LogP contribution in [0, 0.1) is 11.3 Å². The first kappa shape index (κ1) is 23.9. The highest BCUT2D eigenvalue weighted by Crippen LogP contribution is 2.24. The summed E-state index contributed by atoms with van der Waals surface area (Å²) in [5.74, 6) is 1.35. The maximum Gasteiger partial charge on any atom is 0.330 e. The van der Waals surface area contributed by atoms with E-state index < -0.39 is 15.3 Å². The van der Waals surface area contributed by atoms with Crippen LogP contribution in [0.3, 0.4) is 0 Å². The third kappa shape index (κ3) is 6.89. The predicted molar refractivity (Wildman–Crippen MR) is 120 cm³/mol. The molecule has 8 nitrogen and oxygen atoms in total. The van der Waals surface area contributed by atoms with E-state index in [-0.39, 0.29) is 10.9 Å². The van der Waals surface area contributed by atoms with Gasteiger partial charge in [-0.2, -0.15) is 0 Å². The van der Waals surface area contributed by atoms with E-state index >= 15 is 0 Å². The Hall–Kier alpha value is -1.71. The summed E-state index contributed by atoms with van der Waals surface area (Å²) in [6, 6.07) is 3.43. The van der Waals surface area contributed by atoms with E-state index in [0.717, 1.165) is 64.5 Å². The molecule has 0 aromatic carbocycles. The molecule has 0 radical (unpaired) electrons. The average Bonchev–Trinajstić information content (AvgIpc) is 2.72. The van der Waals surface area contributed by atoms with Gasteiger partial charge in [0.05, 0.1) is 10.3 Å². The summed E-state index contributed by atoms with van der Waals surface area (Å²) in [7, 11) is -3.21. The number of hydrogen-bond acceptors (Lipinski definition) is 8. The van der Waals surface area contributed by atoms with Crippen LogP contribution in [-0.2, 0) is 19.5 Å². The van der Waals surface area contributed by atoms with Crippen LogP contribution in [-0.4, -0.2) is 81.4 Å². The fraction of sp³-hybridized carbons (Fsp3) is 0.727. The molecular weight excluding hydrogens is 416 g/mol. The topological polar surface area (TPSA) is 83.0 Å². The minimum Gasteiger partial charge on any atom is -0.367 e. The number of anilines is 1. The Morgan fingerprint density at radius 1 is 1.10 bits per heavy atom. The van der Waals surface area contributed by atoms with E-state index in [9.17, 15) is 13.2 Å². The lowest BCUT2D eigenvalue weighted by Gasteiger charge is -2.37. The van der Waals surface area contributed by atoms with Gasteiger partial charge in [-0.25, -0.2) is 18.2 Å². The van der Waals surface area contributed by atoms with Gasteiger partial charge in [0, 0.05) is 51.7 Å². The van der Waals surface area contributed by atoms with Crippen molar-refractivity contribution in [3.8, 4) is 0 Å². The Labute approximate surface area is 186 Å². The molecule has 174 valence electrons.